The molecule has 2 heterocycles. The number of imidazole rings is 1. The number of nitrogens with zero attached hydrogens (tertiary/aromatic N) is 2. The first-order chi connectivity index (χ1) is 13.6. The molecule has 0 radical (unpaired) electrons. The van der Waals surface area contributed by atoms with E-state index >= 15 is 0 Å². The fourth-order valence-corrected chi connectivity index (χ4v) is 2.37. The van der Waals surface area contributed by atoms with Gasteiger partial charge in [-0.25, -0.2) is 27.7 Å². The Hall–Kier alpha value is -3.24. The molecule has 0 amide bonds. The van der Waals surface area contributed by atoms with Crippen molar-refractivity contribution in [3.8, 4) is 0 Å². The van der Waals surface area contributed by atoms with Crippen LogP contribution in [0, 0.1) is 0 Å². The minimum Gasteiger partial charge on any atom is -0.481 e. The molecule has 4 aromatic rings. The fraction of sp³-hybridized carbons (Fsp3) is 0.211. The maximum absolute atomic E-state index is 12.1. The zero-order chi connectivity index (χ0) is 22.2. The van der Waals surface area contributed by atoms with Crippen LogP contribution < -0.4 is 10.8 Å². The van der Waals surface area contributed by atoms with Gasteiger partial charge in [0, 0.05) is 12.3 Å². The number of aliphatic carboxylic acids is 1. The second kappa shape index (κ2) is 10.3. The molecule has 0 unspecified atom stereocenters. The predicted molar refractivity (Wildman–Crippen MR) is 115 cm³/mol. The SMILES string of the molecule is CC.CC(=O)O.CS(N)(=O)=O.O=c1[nH]c2ccccc2c2nc3ccccc3n12. The third-order valence-corrected chi connectivity index (χ3v) is 3.17. The number of aromatic nitrogens is 3. The summed E-state index contributed by atoms with van der Waals surface area (Å²) < 4.78 is 20.4. The van der Waals surface area contributed by atoms with Gasteiger partial charge in [-0.3, -0.25) is 4.79 Å². The third kappa shape index (κ3) is 7.01. The van der Waals surface area contributed by atoms with E-state index in [0.29, 0.717) is 5.65 Å². The summed E-state index contributed by atoms with van der Waals surface area (Å²) in [5.74, 6) is -0.833. The number of primary sulfonamides is 1. The summed E-state index contributed by atoms with van der Waals surface area (Å²) in [6.45, 7) is 5.08. The van der Waals surface area contributed by atoms with Gasteiger partial charge >= 0.3 is 5.69 Å². The van der Waals surface area contributed by atoms with Gasteiger partial charge in [-0.2, -0.15) is 0 Å². The molecule has 0 fully saturated rings. The molecule has 10 heteroatoms. The Morgan fingerprint density at radius 2 is 1.59 bits per heavy atom. The van der Waals surface area contributed by atoms with Gasteiger partial charge in [0.15, 0.2) is 5.65 Å². The molecule has 156 valence electrons. The molecule has 2 aromatic carbocycles. The summed E-state index contributed by atoms with van der Waals surface area (Å²) >= 11 is 0. The van der Waals surface area contributed by atoms with Crippen molar-refractivity contribution in [3.63, 3.8) is 0 Å². The second-order valence-electron chi connectivity index (χ2n) is 5.58. The zero-order valence-electron chi connectivity index (χ0n) is 16.6. The number of fused-ring (bicyclic) bond motifs is 5. The Morgan fingerprint density at radius 3 is 2.17 bits per heavy atom. The predicted octanol–water partition coefficient (Wildman–Crippen LogP) is 2.35. The first-order valence-electron chi connectivity index (χ1n) is 8.63. The number of benzene rings is 2. The van der Waals surface area contributed by atoms with E-state index in [1.807, 2.05) is 62.4 Å². The third-order valence-electron chi connectivity index (χ3n) is 3.17. The van der Waals surface area contributed by atoms with Gasteiger partial charge < -0.3 is 10.1 Å². The summed E-state index contributed by atoms with van der Waals surface area (Å²) in [6.07, 6.45) is 0.938. The molecule has 2 aromatic heterocycles. The van der Waals surface area contributed by atoms with Crippen molar-refractivity contribution in [2.24, 2.45) is 5.14 Å². The van der Waals surface area contributed by atoms with Crippen molar-refractivity contribution in [2.75, 3.05) is 6.26 Å². The van der Waals surface area contributed by atoms with Crippen LogP contribution in [0.2, 0.25) is 0 Å². The highest BCUT2D eigenvalue weighted by Crippen LogP contribution is 2.20. The van der Waals surface area contributed by atoms with Crippen LogP contribution in [-0.4, -0.2) is 40.1 Å². The lowest BCUT2D eigenvalue weighted by Gasteiger charge is -1.99. The number of hydrogen-bond acceptors (Lipinski definition) is 5. The van der Waals surface area contributed by atoms with Crippen LogP contribution in [0.1, 0.15) is 20.8 Å². The minimum absolute atomic E-state index is 0.155. The number of rotatable bonds is 0. The van der Waals surface area contributed by atoms with Crippen LogP contribution in [0.15, 0.2) is 53.3 Å². The zero-order valence-corrected chi connectivity index (χ0v) is 17.4. The maximum atomic E-state index is 12.1. The van der Waals surface area contributed by atoms with Crippen LogP contribution in [0.3, 0.4) is 0 Å². The molecule has 0 spiro atoms. The van der Waals surface area contributed by atoms with E-state index in [9.17, 15) is 13.2 Å². The monoisotopic (exact) mass is 420 g/mol. The number of carboxylic acid groups (broad SMARTS) is 1. The van der Waals surface area contributed by atoms with Crippen molar-refractivity contribution in [1.29, 1.82) is 0 Å². The lowest BCUT2D eigenvalue weighted by molar-refractivity contribution is -0.134. The molecular formula is C19H24N4O5S. The Kier molecular flexibility index (Phi) is 8.49. The second-order valence-corrected chi connectivity index (χ2v) is 7.24. The van der Waals surface area contributed by atoms with Gasteiger partial charge in [0.05, 0.1) is 22.8 Å². The Bertz CT molecular complexity index is 1260. The Balaban J connectivity index is 0.000000324. The highest BCUT2D eigenvalue weighted by Gasteiger charge is 2.09. The highest BCUT2D eigenvalue weighted by molar-refractivity contribution is 7.88. The van der Waals surface area contributed by atoms with Crippen molar-refractivity contribution in [2.45, 2.75) is 20.8 Å². The number of nitrogens with one attached hydrogen (secondary N) is 1. The van der Waals surface area contributed by atoms with Crippen molar-refractivity contribution in [1.82, 2.24) is 14.4 Å². The average Bonchev–Trinajstić information content (AvgIpc) is 3.02. The molecule has 4 N–H and O–H groups in total. The summed E-state index contributed by atoms with van der Waals surface area (Å²) in [4.78, 5) is 28.6. The quantitative estimate of drug-likeness (QED) is 0.398. The molecule has 0 saturated carbocycles. The molecule has 0 aliphatic heterocycles. The van der Waals surface area contributed by atoms with E-state index in [1.165, 1.54) is 0 Å². The smallest absolute Gasteiger partial charge is 0.332 e. The lowest BCUT2D eigenvalue weighted by Crippen LogP contribution is -2.15. The standard InChI is InChI=1S/C14H9N3O.C2H4O2.C2H6.CH5NO2S/c18-14-16-10-6-2-1-5-9(10)13-15-11-7-3-4-8-12(11)17(13)14;1-2(3)4;1-2;1-5(2,3)4/h1-8H,(H,16,18);1H3,(H,3,4);1-2H3;1H3,(H2,2,3,4). The van der Waals surface area contributed by atoms with Gasteiger partial charge in [-0.05, 0) is 24.3 Å². The van der Waals surface area contributed by atoms with Gasteiger partial charge in [-0.15, -0.1) is 0 Å². The summed E-state index contributed by atoms with van der Waals surface area (Å²) in [7, 11) is -3.17. The minimum atomic E-state index is -3.17. The average molecular weight is 420 g/mol. The van der Waals surface area contributed by atoms with E-state index in [-0.39, 0.29) is 5.69 Å². The van der Waals surface area contributed by atoms with Crippen LogP contribution in [0.4, 0.5) is 0 Å². The van der Waals surface area contributed by atoms with E-state index < -0.39 is 16.0 Å². The largest absolute Gasteiger partial charge is 0.481 e. The number of aromatic amines is 1. The van der Waals surface area contributed by atoms with Crippen molar-refractivity contribution in [3.05, 3.63) is 59.0 Å². The first-order valence-corrected chi connectivity index (χ1v) is 10.6. The molecule has 0 aliphatic rings. The normalized spacial score (nSPS) is 10.2. The molecule has 0 bridgehead atoms. The first kappa shape index (κ1) is 23.8. The molecule has 9 nitrogen and oxygen atoms in total. The number of hydrogen-bond donors (Lipinski definition) is 3. The van der Waals surface area contributed by atoms with Crippen LogP contribution in [0.25, 0.3) is 27.6 Å². The van der Waals surface area contributed by atoms with Gasteiger partial charge in [0.2, 0.25) is 10.0 Å². The number of sulfonamides is 1. The number of nitrogens with two attached hydrogens (primary N) is 1. The molecule has 0 saturated heterocycles. The maximum Gasteiger partial charge on any atom is 0.332 e. The van der Waals surface area contributed by atoms with Gasteiger partial charge in [-0.1, -0.05) is 38.1 Å². The number of H-pyrrole nitrogens is 1. The lowest BCUT2D eigenvalue weighted by atomic mass is 10.2. The van der Waals surface area contributed by atoms with E-state index in [1.54, 1.807) is 4.40 Å². The number of carboxylic acids is 1. The molecule has 0 aliphatic carbocycles. The van der Waals surface area contributed by atoms with Crippen molar-refractivity contribution >= 4 is 43.6 Å². The number of para-hydroxylation sites is 3. The molecule has 4 rings (SSSR count). The Labute approximate surface area is 167 Å². The molecular weight excluding hydrogens is 396 g/mol. The summed E-state index contributed by atoms with van der Waals surface area (Å²) in [6, 6.07) is 15.3. The van der Waals surface area contributed by atoms with E-state index in [0.717, 1.165) is 35.1 Å². The van der Waals surface area contributed by atoms with Gasteiger partial charge in [0.25, 0.3) is 5.97 Å². The number of carbonyl (C=O) groups is 1. The summed E-state index contributed by atoms with van der Waals surface area (Å²) in [5.41, 5.74) is 3.03. The molecule has 29 heavy (non-hydrogen) atoms. The van der Waals surface area contributed by atoms with Crippen LogP contribution in [0.5, 0.6) is 0 Å². The highest BCUT2D eigenvalue weighted by atomic mass is 32.2. The van der Waals surface area contributed by atoms with Crippen LogP contribution in [-0.2, 0) is 14.8 Å². The van der Waals surface area contributed by atoms with Gasteiger partial charge in [0.1, 0.15) is 0 Å². The van der Waals surface area contributed by atoms with E-state index in [4.69, 9.17) is 9.90 Å². The van der Waals surface area contributed by atoms with Crippen molar-refractivity contribution < 1.29 is 18.3 Å². The van der Waals surface area contributed by atoms with E-state index in [2.05, 4.69) is 15.1 Å². The van der Waals surface area contributed by atoms with Crippen LogP contribution >= 0.6 is 0 Å². The fourth-order valence-electron chi connectivity index (χ4n) is 2.37. The molecule has 0 atom stereocenters. The summed E-state index contributed by atoms with van der Waals surface area (Å²) in [5, 5.41) is 12.7. The Morgan fingerprint density at radius 1 is 1.10 bits per heavy atom. The topological polar surface area (TPSA) is 148 Å².